The molecule has 0 bridgehead atoms. The van der Waals surface area contributed by atoms with E-state index in [1.807, 2.05) is 0 Å². The second-order valence-electron chi connectivity index (χ2n) is 3.98. The number of H-pyrrole nitrogens is 1. The molecule has 7 heteroatoms. The zero-order valence-electron chi connectivity index (χ0n) is 10.2. The lowest BCUT2D eigenvalue weighted by molar-refractivity contribution is -0.136. The number of carbonyl (C=O) groups is 1. The molecule has 1 aromatic heterocycles. The predicted molar refractivity (Wildman–Crippen MR) is 68.5 cm³/mol. The highest BCUT2D eigenvalue weighted by Gasteiger charge is 2.02. The number of rotatable bonds is 4. The lowest BCUT2D eigenvalue weighted by atomic mass is 10.1. The van der Waals surface area contributed by atoms with Gasteiger partial charge in [0, 0.05) is 5.69 Å². The number of carboxylic acids is 1. The third kappa shape index (κ3) is 3.38. The van der Waals surface area contributed by atoms with Crippen molar-refractivity contribution >= 4 is 17.6 Å². The minimum absolute atomic E-state index is 0.0263. The standard InChI is InChI=1S/C12H12N4O3/c1-7-11(19)14-12(16-15-7)13-9-4-2-8(3-5-9)6-10(17)18/h2-5H,6H2,1H3,(H,17,18)(H2,13,14,16,19). The molecule has 1 heterocycles. The number of aromatic amines is 1. The van der Waals surface area contributed by atoms with Crippen molar-refractivity contribution in [3.8, 4) is 0 Å². The topological polar surface area (TPSA) is 108 Å². The van der Waals surface area contributed by atoms with Crippen LogP contribution in [0.25, 0.3) is 0 Å². The molecule has 98 valence electrons. The summed E-state index contributed by atoms with van der Waals surface area (Å²) < 4.78 is 0. The second-order valence-corrected chi connectivity index (χ2v) is 3.98. The average Bonchev–Trinajstić information content (AvgIpc) is 2.36. The van der Waals surface area contributed by atoms with E-state index in [1.54, 1.807) is 31.2 Å². The van der Waals surface area contributed by atoms with E-state index < -0.39 is 5.97 Å². The number of hydrogen-bond acceptors (Lipinski definition) is 5. The minimum Gasteiger partial charge on any atom is -0.481 e. The first kappa shape index (κ1) is 12.7. The molecule has 0 saturated carbocycles. The zero-order chi connectivity index (χ0) is 13.8. The van der Waals surface area contributed by atoms with Crippen molar-refractivity contribution in [2.24, 2.45) is 0 Å². The summed E-state index contributed by atoms with van der Waals surface area (Å²) in [5.74, 6) is -0.643. The summed E-state index contributed by atoms with van der Waals surface area (Å²) >= 11 is 0. The molecule has 1 aromatic carbocycles. The van der Waals surface area contributed by atoms with Gasteiger partial charge in [-0.05, 0) is 24.6 Å². The van der Waals surface area contributed by atoms with Crippen LogP contribution in [0.5, 0.6) is 0 Å². The molecular formula is C12H12N4O3. The van der Waals surface area contributed by atoms with Crippen LogP contribution in [0.4, 0.5) is 11.6 Å². The van der Waals surface area contributed by atoms with Crippen molar-refractivity contribution < 1.29 is 9.90 Å². The molecule has 7 nitrogen and oxygen atoms in total. The number of carboxylic acid groups (broad SMARTS) is 1. The largest absolute Gasteiger partial charge is 0.481 e. The maximum absolute atomic E-state index is 11.3. The Morgan fingerprint density at radius 2 is 2.00 bits per heavy atom. The molecule has 0 spiro atoms. The van der Waals surface area contributed by atoms with E-state index >= 15 is 0 Å². The van der Waals surface area contributed by atoms with Gasteiger partial charge in [-0.3, -0.25) is 14.6 Å². The molecule has 2 aromatic rings. The molecule has 0 radical (unpaired) electrons. The maximum Gasteiger partial charge on any atom is 0.307 e. The number of aliphatic carboxylic acids is 1. The van der Waals surface area contributed by atoms with Gasteiger partial charge in [0.25, 0.3) is 5.56 Å². The van der Waals surface area contributed by atoms with E-state index in [9.17, 15) is 9.59 Å². The fraction of sp³-hybridized carbons (Fsp3) is 0.167. The Morgan fingerprint density at radius 1 is 1.32 bits per heavy atom. The predicted octanol–water partition coefficient (Wildman–Crippen LogP) is 0.844. The SMILES string of the molecule is Cc1nnc(Nc2ccc(CC(=O)O)cc2)[nH]c1=O. The first-order chi connectivity index (χ1) is 9.04. The van der Waals surface area contributed by atoms with Gasteiger partial charge in [-0.1, -0.05) is 12.1 Å². The van der Waals surface area contributed by atoms with E-state index in [2.05, 4.69) is 20.5 Å². The molecular weight excluding hydrogens is 248 g/mol. The smallest absolute Gasteiger partial charge is 0.307 e. The van der Waals surface area contributed by atoms with Crippen LogP contribution in [0.15, 0.2) is 29.1 Å². The van der Waals surface area contributed by atoms with Gasteiger partial charge in [0.1, 0.15) is 5.69 Å². The summed E-state index contributed by atoms with van der Waals surface area (Å²) in [4.78, 5) is 24.4. The summed E-state index contributed by atoms with van der Waals surface area (Å²) in [6.45, 7) is 1.57. The highest BCUT2D eigenvalue weighted by Crippen LogP contribution is 2.13. The summed E-state index contributed by atoms with van der Waals surface area (Å²) in [5.41, 5.74) is 1.37. The Bertz CT molecular complexity index is 649. The van der Waals surface area contributed by atoms with Crippen molar-refractivity contribution in [2.75, 3.05) is 5.32 Å². The van der Waals surface area contributed by atoms with Crippen molar-refractivity contribution in [3.63, 3.8) is 0 Å². The Hall–Kier alpha value is -2.70. The molecule has 0 saturated heterocycles. The van der Waals surface area contributed by atoms with Crippen LogP contribution < -0.4 is 10.9 Å². The van der Waals surface area contributed by atoms with E-state index in [4.69, 9.17) is 5.11 Å². The first-order valence-electron chi connectivity index (χ1n) is 5.56. The number of nitrogens with zero attached hydrogens (tertiary/aromatic N) is 2. The fourth-order valence-corrected chi connectivity index (χ4v) is 1.47. The van der Waals surface area contributed by atoms with Crippen molar-refractivity contribution in [2.45, 2.75) is 13.3 Å². The molecule has 0 fully saturated rings. The quantitative estimate of drug-likeness (QED) is 0.752. The van der Waals surface area contributed by atoms with Gasteiger partial charge in [-0.2, -0.15) is 0 Å². The fourth-order valence-electron chi connectivity index (χ4n) is 1.47. The summed E-state index contributed by atoms with van der Waals surface area (Å²) in [6, 6.07) is 6.79. The van der Waals surface area contributed by atoms with Gasteiger partial charge in [0.05, 0.1) is 6.42 Å². The molecule has 0 unspecified atom stereocenters. The highest BCUT2D eigenvalue weighted by molar-refractivity contribution is 5.70. The number of hydrogen-bond donors (Lipinski definition) is 3. The van der Waals surface area contributed by atoms with Gasteiger partial charge >= 0.3 is 5.97 Å². The number of nitrogens with one attached hydrogen (secondary N) is 2. The molecule has 0 amide bonds. The lowest BCUT2D eigenvalue weighted by Crippen LogP contribution is -2.15. The third-order valence-electron chi connectivity index (χ3n) is 2.43. The van der Waals surface area contributed by atoms with E-state index in [-0.39, 0.29) is 17.9 Å². The number of benzene rings is 1. The maximum atomic E-state index is 11.3. The van der Waals surface area contributed by atoms with Crippen LogP contribution in [0, 0.1) is 6.92 Å². The van der Waals surface area contributed by atoms with Crippen molar-refractivity contribution in [1.29, 1.82) is 0 Å². The van der Waals surface area contributed by atoms with E-state index in [0.717, 1.165) is 0 Å². The number of aromatic nitrogens is 3. The molecule has 0 aliphatic carbocycles. The number of aryl methyl sites for hydroxylation is 1. The van der Waals surface area contributed by atoms with Crippen LogP contribution in [-0.4, -0.2) is 26.3 Å². The normalized spacial score (nSPS) is 10.2. The monoisotopic (exact) mass is 260 g/mol. The lowest BCUT2D eigenvalue weighted by Gasteiger charge is -2.05. The van der Waals surface area contributed by atoms with E-state index in [1.165, 1.54) is 0 Å². The average molecular weight is 260 g/mol. The van der Waals surface area contributed by atoms with Crippen LogP contribution in [-0.2, 0) is 11.2 Å². The molecule has 3 N–H and O–H groups in total. The van der Waals surface area contributed by atoms with Gasteiger partial charge in [-0.25, -0.2) is 0 Å². The summed E-state index contributed by atoms with van der Waals surface area (Å²) in [6.07, 6.45) is -0.0263. The van der Waals surface area contributed by atoms with Crippen molar-refractivity contribution in [3.05, 3.63) is 45.9 Å². The number of anilines is 2. The van der Waals surface area contributed by atoms with Gasteiger partial charge < -0.3 is 10.4 Å². The Kier molecular flexibility index (Phi) is 3.56. The van der Waals surface area contributed by atoms with Gasteiger partial charge in [0.2, 0.25) is 5.95 Å². The Labute approximate surface area is 108 Å². The van der Waals surface area contributed by atoms with Crippen molar-refractivity contribution in [1.82, 2.24) is 15.2 Å². The second kappa shape index (κ2) is 5.30. The Balaban J connectivity index is 2.12. The molecule has 0 aliphatic rings. The van der Waals surface area contributed by atoms with Crippen LogP contribution >= 0.6 is 0 Å². The minimum atomic E-state index is -0.880. The van der Waals surface area contributed by atoms with Crippen LogP contribution in [0.1, 0.15) is 11.3 Å². The molecule has 19 heavy (non-hydrogen) atoms. The molecule has 0 aliphatic heterocycles. The molecule has 2 rings (SSSR count). The van der Waals surface area contributed by atoms with Gasteiger partial charge in [0.15, 0.2) is 0 Å². The highest BCUT2D eigenvalue weighted by atomic mass is 16.4. The molecule has 0 atom stereocenters. The summed E-state index contributed by atoms with van der Waals surface area (Å²) in [5, 5.41) is 19.0. The third-order valence-corrected chi connectivity index (χ3v) is 2.43. The van der Waals surface area contributed by atoms with Gasteiger partial charge in [-0.15, -0.1) is 10.2 Å². The summed E-state index contributed by atoms with van der Waals surface area (Å²) in [7, 11) is 0. The van der Waals surface area contributed by atoms with Crippen LogP contribution in [0.3, 0.4) is 0 Å². The Morgan fingerprint density at radius 3 is 2.58 bits per heavy atom. The van der Waals surface area contributed by atoms with E-state index in [0.29, 0.717) is 16.9 Å². The zero-order valence-corrected chi connectivity index (χ0v) is 10.2. The first-order valence-corrected chi connectivity index (χ1v) is 5.56. The van der Waals surface area contributed by atoms with Crippen LogP contribution in [0.2, 0.25) is 0 Å².